The van der Waals surface area contributed by atoms with Crippen LogP contribution >= 0.6 is 0 Å². The summed E-state index contributed by atoms with van der Waals surface area (Å²) in [6.07, 6.45) is 11.2. The average Bonchev–Trinajstić information content (AvgIpc) is 3.55. The van der Waals surface area contributed by atoms with E-state index in [2.05, 4.69) is 15.5 Å². The molecule has 0 radical (unpaired) electrons. The summed E-state index contributed by atoms with van der Waals surface area (Å²) in [4.78, 5) is 19.3. The van der Waals surface area contributed by atoms with Crippen LogP contribution in [0.5, 0.6) is 0 Å². The largest absolute Gasteiger partial charge is 0.337 e. The lowest BCUT2D eigenvalue weighted by molar-refractivity contribution is 0.186. The van der Waals surface area contributed by atoms with Crippen molar-refractivity contribution in [3.05, 3.63) is 11.7 Å². The van der Waals surface area contributed by atoms with Crippen LogP contribution in [0, 0.1) is 11.8 Å². The van der Waals surface area contributed by atoms with E-state index in [1.807, 2.05) is 11.8 Å². The van der Waals surface area contributed by atoms with Gasteiger partial charge in [0, 0.05) is 19.0 Å². The Kier molecular flexibility index (Phi) is 4.95. The van der Waals surface area contributed by atoms with Crippen LogP contribution in [0.15, 0.2) is 4.52 Å². The van der Waals surface area contributed by atoms with E-state index in [4.69, 9.17) is 4.52 Å². The van der Waals surface area contributed by atoms with Gasteiger partial charge in [0.15, 0.2) is 5.82 Å². The molecule has 6 heteroatoms. The second kappa shape index (κ2) is 7.34. The van der Waals surface area contributed by atoms with E-state index in [0.29, 0.717) is 23.6 Å². The Labute approximate surface area is 149 Å². The van der Waals surface area contributed by atoms with Crippen LogP contribution in [0.2, 0.25) is 0 Å². The summed E-state index contributed by atoms with van der Waals surface area (Å²) in [6, 6.07) is -0.220. The summed E-state index contributed by atoms with van der Waals surface area (Å²) in [5, 5.41) is 7.25. The van der Waals surface area contributed by atoms with Crippen LogP contribution in [0.25, 0.3) is 0 Å². The number of urea groups is 1. The molecule has 138 valence electrons. The molecular weight excluding hydrogens is 316 g/mol. The highest BCUT2D eigenvalue weighted by atomic mass is 16.5. The molecular formula is C19H30N4O2. The molecule has 1 N–H and O–H groups in total. The zero-order valence-electron chi connectivity index (χ0n) is 15.2. The number of aromatic nitrogens is 2. The molecule has 1 heterocycles. The Morgan fingerprint density at radius 3 is 2.36 bits per heavy atom. The van der Waals surface area contributed by atoms with Crippen molar-refractivity contribution in [2.75, 3.05) is 13.1 Å². The third kappa shape index (κ3) is 4.53. The first kappa shape index (κ1) is 16.9. The second-order valence-electron chi connectivity index (χ2n) is 8.29. The number of carbonyl (C=O) groups is 1. The van der Waals surface area contributed by atoms with Gasteiger partial charge < -0.3 is 14.7 Å². The van der Waals surface area contributed by atoms with E-state index in [1.165, 1.54) is 44.9 Å². The summed E-state index contributed by atoms with van der Waals surface area (Å²) in [5.74, 6) is 3.20. The highest BCUT2D eigenvalue weighted by Crippen LogP contribution is 2.34. The summed E-state index contributed by atoms with van der Waals surface area (Å²) >= 11 is 0. The van der Waals surface area contributed by atoms with Gasteiger partial charge in [0.1, 0.15) is 6.04 Å². The standard InChI is InChI=1S/C19H30N4O2/c1-13(18-21-17(22-25-18)16-5-3-2-4-6-16)20-19(24)23(11-14-7-8-14)12-15-9-10-15/h13-16H,2-12H2,1H3,(H,20,24)/t13-/m0/s1. The van der Waals surface area contributed by atoms with Crippen molar-refractivity contribution in [1.82, 2.24) is 20.4 Å². The molecule has 1 atom stereocenters. The molecule has 0 saturated heterocycles. The lowest BCUT2D eigenvalue weighted by Gasteiger charge is -2.24. The first-order chi connectivity index (χ1) is 12.2. The lowest BCUT2D eigenvalue weighted by atomic mass is 9.89. The Balaban J connectivity index is 1.34. The molecule has 25 heavy (non-hydrogen) atoms. The van der Waals surface area contributed by atoms with Crippen molar-refractivity contribution in [2.24, 2.45) is 11.8 Å². The average molecular weight is 346 g/mol. The SMILES string of the molecule is C[C@H](NC(=O)N(CC1CC1)CC1CC1)c1nc(C2CCCCC2)no1. The number of hydrogen-bond donors (Lipinski definition) is 1. The van der Waals surface area contributed by atoms with Gasteiger partial charge in [-0.1, -0.05) is 24.4 Å². The summed E-state index contributed by atoms with van der Waals surface area (Å²) < 4.78 is 5.45. The lowest BCUT2D eigenvalue weighted by Crippen LogP contribution is -2.43. The molecule has 0 aliphatic heterocycles. The fourth-order valence-electron chi connectivity index (χ4n) is 3.75. The Bertz CT molecular complexity index is 574. The van der Waals surface area contributed by atoms with Crippen molar-refractivity contribution in [2.45, 2.75) is 76.7 Å². The molecule has 0 spiro atoms. The normalized spacial score (nSPS) is 22.6. The van der Waals surface area contributed by atoms with Crippen LogP contribution in [-0.4, -0.2) is 34.2 Å². The van der Waals surface area contributed by atoms with E-state index >= 15 is 0 Å². The van der Waals surface area contributed by atoms with Crippen molar-refractivity contribution < 1.29 is 9.32 Å². The summed E-state index contributed by atoms with van der Waals surface area (Å²) in [5.41, 5.74) is 0. The quantitative estimate of drug-likeness (QED) is 0.810. The van der Waals surface area contributed by atoms with Gasteiger partial charge in [0.2, 0.25) is 5.89 Å². The van der Waals surface area contributed by atoms with Crippen molar-refractivity contribution in [3.63, 3.8) is 0 Å². The van der Waals surface area contributed by atoms with Gasteiger partial charge in [0.05, 0.1) is 0 Å². The van der Waals surface area contributed by atoms with Crippen LogP contribution < -0.4 is 5.32 Å². The van der Waals surface area contributed by atoms with Crippen LogP contribution in [-0.2, 0) is 0 Å². The molecule has 3 aliphatic rings. The Morgan fingerprint density at radius 2 is 1.76 bits per heavy atom. The van der Waals surface area contributed by atoms with Gasteiger partial charge in [-0.05, 0) is 57.3 Å². The maximum absolute atomic E-state index is 12.7. The Morgan fingerprint density at radius 1 is 1.12 bits per heavy atom. The van der Waals surface area contributed by atoms with Crippen molar-refractivity contribution >= 4 is 6.03 Å². The summed E-state index contributed by atoms with van der Waals surface area (Å²) in [6.45, 7) is 3.72. The highest BCUT2D eigenvalue weighted by molar-refractivity contribution is 5.74. The van der Waals surface area contributed by atoms with Crippen LogP contribution in [0.1, 0.15) is 88.4 Å². The molecule has 2 amide bonds. The van der Waals surface area contributed by atoms with Crippen molar-refractivity contribution in [3.8, 4) is 0 Å². The van der Waals surface area contributed by atoms with Crippen LogP contribution in [0.4, 0.5) is 4.79 Å². The zero-order chi connectivity index (χ0) is 17.2. The van der Waals surface area contributed by atoms with Gasteiger partial charge in [0.25, 0.3) is 0 Å². The number of nitrogens with one attached hydrogen (secondary N) is 1. The molecule has 1 aromatic rings. The molecule has 0 bridgehead atoms. The first-order valence-electron chi connectivity index (χ1n) is 10.1. The minimum atomic E-state index is -0.238. The molecule has 4 rings (SSSR count). The number of amides is 2. The van der Waals surface area contributed by atoms with E-state index in [1.54, 1.807) is 0 Å². The first-order valence-corrected chi connectivity index (χ1v) is 10.1. The van der Waals surface area contributed by atoms with E-state index in [9.17, 15) is 4.79 Å². The van der Waals surface area contributed by atoms with Crippen molar-refractivity contribution in [1.29, 1.82) is 0 Å². The zero-order valence-corrected chi connectivity index (χ0v) is 15.2. The molecule has 3 fully saturated rings. The third-order valence-electron chi connectivity index (χ3n) is 5.78. The van der Waals surface area contributed by atoms with E-state index in [-0.39, 0.29) is 12.1 Å². The smallest absolute Gasteiger partial charge is 0.318 e. The maximum atomic E-state index is 12.7. The van der Waals surface area contributed by atoms with Gasteiger partial charge in [-0.25, -0.2) is 4.79 Å². The highest BCUT2D eigenvalue weighted by Gasteiger charge is 2.32. The topological polar surface area (TPSA) is 71.3 Å². The van der Waals surface area contributed by atoms with Gasteiger partial charge >= 0.3 is 6.03 Å². The van der Waals surface area contributed by atoms with Gasteiger partial charge in [-0.3, -0.25) is 0 Å². The second-order valence-corrected chi connectivity index (χ2v) is 8.29. The number of carbonyl (C=O) groups excluding carboxylic acids is 1. The number of hydrogen-bond acceptors (Lipinski definition) is 4. The summed E-state index contributed by atoms with van der Waals surface area (Å²) in [7, 11) is 0. The fourth-order valence-corrected chi connectivity index (χ4v) is 3.75. The maximum Gasteiger partial charge on any atom is 0.318 e. The van der Waals surface area contributed by atoms with Gasteiger partial charge in [-0.2, -0.15) is 4.98 Å². The van der Waals surface area contributed by atoms with E-state index in [0.717, 1.165) is 31.8 Å². The molecule has 3 saturated carbocycles. The predicted molar refractivity (Wildman–Crippen MR) is 94.1 cm³/mol. The number of nitrogens with zero attached hydrogens (tertiary/aromatic N) is 3. The molecule has 6 nitrogen and oxygen atoms in total. The Hall–Kier alpha value is -1.59. The predicted octanol–water partition coefficient (Wildman–Crippen LogP) is 4.01. The molecule has 0 aromatic carbocycles. The molecule has 3 aliphatic carbocycles. The van der Waals surface area contributed by atoms with Crippen LogP contribution in [0.3, 0.4) is 0 Å². The minimum absolute atomic E-state index is 0.0173. The third-order valence-corrected chi connectivity index (χ3v) is 5.78. The number of rotatable bonds is 7. The molecule has 0 unspecified atom stereocenters. The van der Waals surface area contributed by atoms with E-state index < -0.39 is 0 Å². The van der Waals surface area contributed by atoms with Gasteiger partial charge in [-0.15, -0.1) is 0 Å². The monoisotopic (exact) mass is 346 g/mol. The molecule has 1 aromatic heterocycles. The fraction of sp³-hybridized carbons (Fsp3) is 0.842. The minimum Gasteiger partial charge on any atom is -0.337 e.